The van der Waals surface area contributed by atoms with E-state index >= 15 is 0 Å². The van der Waals surface area contributed by atoms with Gasteiger partial charge in [-0.3, -0.25) is 0 Å². The Morgan fingerprint density at radius 2 is 2.36 bits per heavy atom. The zero-order valence-corrected chi connectivity index (χ0v) is 8.18. The van der Waals surface area contributed by atoms with Gasteiger partial charge in [0.2, 0.25) is 0 Å². The monoisotopic (exact) mass is 192 g/mol. The predicted molar refractivity (Wildman–Crippen MR) is 52.0 cm³/mol. The van der Waals surface area contributed by atoms with Gasteiger partial charge in [0.25, 0.3) is 0 Å². The number of fused-ring (bicyclic) bond motifs is 1. The molecule has 1 atom stereocenters. The van der Waals surface area contributed by atoms with E-state index in [2.05, 4.69) is 39.8 Å². The summed E-state index contributed by atoms with van der Waals surface area (Å²) < 4.78 is 1.41. The molecule has 0 saturated carbocycles. The summed E-state index contributed by atoms with van der Waals surface area (Å²) in [5.41, 5.74) is 0.653. The standard InChI is InChI=1S/C8H12N6/c1-3-6(2)9-7-4-5-8-10-12-13-14(8)11-7/h4-6H,3H2,1-2H3,(H,9,11). The molecule has 0 saturated heterocycles. The van der Waals surface area contributed by atoms with Crippen molar-refractivity contribution in [2.24, 2.45) is 0 Å². The summed E-state index contributed by atoms with van der Waals surface area (Å²) in [5, 5.41) is 18.4. The summed E-state index contributed by atoms with van der Waals surface area (Å²) >= 11 is 0. The van der Waals surface area contributed by atoms with E-state index in [1.54, 1.807) is 0 Å². The molecule has 2 aromatic heterocycles. The number of anilines is 1. The Bertz CT molecular complexity index is 422. The van der Waals surface area contributed by atoms with Crippen LogP contribution in [0.15, 0.2) is 12.1 Å². The molecule has 1 N–H and O–H groups in total. The fraction of sp³-hybridized carbons (Fsp3) is 0.500. The minimum absolute atomic E-state index is 0.399. The second-order valence-corrected chi connectivity index (χ2v) is 3.20. The molecule has 0 aromatic carbocycles. The van der Waals surface area contributed by atoms with Gasteiger partial charge in [-0.1, -0.05) is 6.92 Å². The van der Waals surface area contributed by atoms with E-state index in [4.69, 9.17) is 0 Å². The highest BCUT2D eigenvalue weighted by Gasteiger charge is 2.02. The molecule has 1 unspecified atom stereocenters. The van der Waals surface area contributed by atoms with Crippen molar-refractivity contribution >= 4 is 11.5 Å². The van der Waals surface area contributed by atoms with Crippen molar-refractivity contribution < 1.29 is 0 Å². The van der Waals surface area contributed by atoms with Gasteiger partial charge >= 0.3 is 0 Å². The van der Waals surface area contributed by atoms with Crippen LogP contribution in [0.4, 0.5) is 5.82 Å². The fourth-order valence-electron chi connectivity index (χ4n) is 1.08. The summed E-state index contributed by atoms with van der Waals surface area (Å²) in [6, 6.07) is 4.10. The Morgan fingerprint density at radius 1 is 1.50 bits per heavy atom. The van der Waals surface area contributed by atoms with Gasteiger partial charge in [0.1, 0.15) is 5.82 Å². The third kappa shape index (κ3) is 1.63. The zero-order chi connectivity index (χ0) is 9.97. The Kier molecular flexibility index (Phi) is 2.26. The first-order valence-corrected chi connectivity index (χ1v) is 4.61. The van der Waals surface area contributed by atoms with Crippen LogP contribution >= 0.6 is 0 Å². The van der Waals surface area contributed by atoms with Crippen LogP contribution < -0.4 is 5.32 Å². The Labute approximate surface area is 81.3 Å². The molecule has 0 amide bonds. The van der Waals surface area contributed by atoms with Crippen molar-refractivity contribution in [1.82, 2.24) is 25.3 Å². The Morgan fingerprint density at radius 3 is 3.14 bits per heavy atom. The maximum atomic E-state index is 4.19. The molecular formula is C8H12N6. The molecular weight excluding hydrogens is 180 g/mol. The molecule has 2 aromatic rings. The van der Waals surface area contributed by atoms with Crippen LogP contribution in [-0.2, 0) is 0 Å². The summed E-state index contributed by atoms with van der Waals surface area (Å²) in [7, 11) is 0. The molecule has 0 fully saturated rings. The number of aromatic nitrogens is 5. The van der Waals surface area contributed by atoms with Gasteiger partial charge < -0.3 is 5.32 Å². The lowest BCUT2D eigenvalue weighted by molar-refractivity contribution is 0.714. The second-order valence-electron chi connectivity index (χ2n) is 3.20. The van der Waals surface area contributed by atoms with Crippen LogP contribution in [0.2, 0.25) is 0 Å². The molecule has 2 rings (SSSR count). The first-order valence-electron chi connectivity index (χ1n) is 4.61. The van der Waals surface area contributed by atoms with Gasteiger partial charge in [-0.05, 0) is 35.9 Å². The van der Waals surface area contributed by atoms with E-state index in [0.717, 1.165) is 12.2 Å². The highest BCUT2D eigenvalue weighted by Crippen LogP contribution is 2.05. The molecule has 0 aliphatic heterocycles. The molecule has 6 heteroatoms. The molecule has 0 bridgehead atoms. The topological polar surface area (TPSA) is 68.0 Å². The average Bonchev–Trinajstić information content (AvgIpc) is 2.64. The van der Waals surface area contributed by atoms with Gasteiger partial charge in [0.05, 0.1) is 0 Å². The summed E-state index contributed by atoms with van der Waals surface area (Å²) in [4.78, 5) is 0. The zero-order valence-electron chi connectivity index (χ0n) is 8.18. The summed E-state index contributed by atoms with van der Waals surface area (Å²) in [5.74, 6) is 0.791. The Balaban J connectivity index is 2.25. The van der Waals surface area contributed by atoms with E-state index in [1.807, 2.05) is 12.1 Å². The number of nitrogens with one attached hydrogen (secondary N) is 1. The molecule has 2 heterocycles. The summed E-state index contributed by atoms with van der Waals surface area (Å²) in [6.45, 7) is 4.22. The first-order chi connectivity index (χ1) is 6.79. The normalized spacial score (nSPS) is 13.0. The number of hydrogen-bond acceptors (Lipinski definition) is 5. The van der Waals surface area contributed by atoms with Crippen LogP contribution in [-0.4, -0.2) is 31.3 Å². The van der Waals surface area contributed by atoms with Gasteiger partial charge in [-0.15, -0.1) is 14.8 Å². The van der Waals surface area contributed by atoms with E-state index < -0.39 is 0 Å². The average molecular weight is 192 g/mol. The number of tetrazole rings is 1. The molecule has 6 nitrogen and oxygen atoms in total. The highest BCUT2D eigenvalue weighted by molar-refractivity contribution is 5.42. The number of hydrogen-bond donors (Lipinski definition) is 1. The lowest BCUT2D eigenvalue weighted by atomic mass is 10.2. The van der Waals surface area contributed by atoms with E-state index in [9.17, 15) is 0 Å². The maximum absolute atomic E-state index is 4.19. The second kappa shape index (κ2) is 3.57. The van der Waals surface area contributed by atoms with Crippen molar-refractivity contribution in [3.63, 3.8) is 0 Å². The van der Waals surface area contributed by atoms with Crippen LogP contribution in [0, 0.1) is 0 Å². The van der Waals surface area contributed by atoms with Crippen LogP contribution in [0.5, 0.6) is 0 Å². The van der Waals surface area contributed by atoms with Crippen molar-refractivity contribution in [3.8, 4) is 0 Å². The molecule has 0 aliphatic carbocycles. The van der Waals surface area contributed by atoms with Crippen molar-refractivity contribution in [3.05, 3.63) is 12.1 Å². The van der Waals surface area contributed by atoms with Crippen LogP contribution in [0.1, 0.15) is 20.3 Å². The van der Waals surface area contributed by atoms with E-state index in [1.165, 1.54) is 4.63 Å². The third-order valence-electron chi connectivity index (χ3n) is 2.08. The predicted octanol–water partition coefficient (Wildman–Crippen LogP) is 0.730. The first kappa shape index (κ1) is 8.86. The van der Waals surface area contributed by atoms with E-state index in [-0.39, 0.29) is 0 Å². The fourth-order valence-corrected chi connectivity index (χ4v) is 1.08. The lowest BCUT2D eigenvalue weighted by Crippen LogP contribution is -2.15. The smallest absolute Gasteiger partial charge is 0.200 e. The molecule has 14 heavy (non-hydrogen) atoms. The van der Waals surface area contributed by atoms with Crippen molar-refractivity contribution in [2.75, 3.05) is 5.32 Å². The van der Waals surface area contributed by atoms with Crippen molar-refractivity contribution in [1.29, 1.82) is 0 Å². The van der Waals surface area contributed by atoms with Gasteiger partial charge in [-0.25, -0.2) is 0 Å². The molecule has 0 radical (unpaired) electrons. The maximum Gasteiger partial charge on any atom is 0.200 e. The van der Waals surface area contributed by atoms with Gasteiger partial charge in [-0.2, -0.15) is 0 Å². The van der Waals surface area contributed by atoms with Crippen LogP contribution in [0.3, 0.4) is 0 Å². The van der Waals surface area contributed by atoms with Crippen LogP contribution in [0.25, 0.3) is 5.65 Å². The SMILES string of the molecule is CCC(C)Nc1ccc2nnnn2n1. The molecule has 74 valence electrons. The van der Waals surface area contributed by atoms with E-state index in [0.29, 0.717) is 11.7 Å². The van der Waals surface area contributed by atoms with Gasteiger partial charge in [0, 0.05) is 6.04 Å². The lowest BCUT2D eigenvalue weighted by Gasteiger charge is -2.10. The quantitative estimate of drug-likeness (QED) is 0.776. The minimum Gasteiger partial charge on any atom is -0.366 e. The third-order valence-corrected chi connectivity index (χ3v) is 2.08. The summed E-state index contributed by atoms with van der Waals surface area (Å²) in [6.07, 6.45) is 1.05. The van der Waals surface area contributed by atoms with Crippen molar-refractivity contribution in [2.45, 2.75) is 26.3 Å². The molecule has 0 aliphatic rings. The largest absolute Gasteiger partial charge is 0.366 e. The number of rotatable bonds is 3. The van der Waals surface area contributed by atoms with Gasteiger partial charge in [0.15, 0.2) is 5.65 Å². The number of nitrogens with zero attached hydrogens (tertiary/aromatic N) is 5. The Hall–Kier alpha value is -1.72. The molecule has 0 spiro atoms. The minimum atomic E-state index is 0.399. The highest BCUT2D eigenvalue weighted by atomic mass is 15.6.